The van der Waals surface area contributed by atoms with Gasteiger partial charge in [0.15, 0.2) is 0 Å². The topological polar surface area (TPSA) is 52.3 Å². The minimum Gasteiger partial charge on any atom is -0.398 e. The zero-order valence-electron chi connectivity index (χ0n) is 10.9. The quantitative estimate of drug-likeness (QED) is 0.841. The molecule has 2 N–H and O–H groups in total. The molecule has 0 amide bonds. The smallest absolute Gasteiger partial charge is 0.0618 e. The molecule has 0 heterocycles. The van der Waals surface area contributed by atoms with Gasteiger partial charge in [-0.05, 0) is 45.4 Å². The van der Waals surface area contributed by atoms with E-state index in [0.29, 0.717) is 22.9 Å². The molecule has 0 aromatic heterocycles. The van der Waals surface area contributed by atoms with Crippen molar-refractivity contribution in [2.75, 3.05) is 18.1 Å². The summed E-state index contributed by atoms with van der Waals surface area (Å²) >= 11 is 0. The fourth-order valence-electron chi connectivity index (χ4n) is 1.41. The lowest BCUT2D eigenvalue weighted by molar-refractivity contribution is 0.00669. The first-order chi connectivity index (χ1) is 7.79. The van der Waals surface area contributed by atoms with Crippen molar-refractivity contribution in [2.24, 2.45) is 0 Å². The van der Waals surface area contributed by atoms with Gasteiger partial charge in [-0.2, -0.15) is 0 Å². The molecule has 0 saturated heterocycles. The van der Waals surface area contributed by atoms with Crippen molar-refractivity contribution < 1.29 is 8.95 Å². The van der Waals surface area contributed by atoms with E-state index in [2.05, 4.69) is 0 Å². The van der Waals surface area contributed by atoms with Crippen molar-refractivity contribution in [2.45, 2.75) is 38.2 Å². The highest BCUT2D eigenvalue weighted by atomic mass is 32.2. The number of aryl methyl sites for hydroxylation is 1. The Morgan fingerprint density at radius 1 is 1.35 bits per heavy atom. The molecule has 3 nitrogen and oxygen atoms in total. The molecule has 1 unspecified atom stereocenters. The van der Waals surface area contributed by atoms with E-state index in [9.17, 15) is 4.21 Å². The van der Waals surface area contributed by atoms with Crippen LogP contribution in [0.1, 0.15) is 26.3 Å². The van der Waals surface area contributed by atoms with Crippen LogP contribution in [0.5, 0.6) is 0 Å². The van der Waals surface area contributed by atoms with Crippen LogP contribution in [0, 0.1) is 6.92 Å². The van der Waals surface area contributed by atoms with Crippen molar-refractivity contribution in [3.63, 3.8) is 0 Å². The molecule has 0 radical (unpaired) electrons. The summed E-state index contributed by atoms with van der Waals surface area (Å²) in [6.07, 6.45) is 0. The summed E-state index contributed by atoms with van der Waals surface area (Å²) in [5, 5.41) is 0. The number of nitrogen functional groups attached to an aromatic ring is 1. The van der Waals surface area contributed by atoms with Crippen molar-refractivity contribution in [1.82, 2.24) is 0 Å². The summed E-state index contributed by atoms with van der Waals surface area (Å²) < 4.78 is 17.6. The van der Waals surface area contributed by atoms with Crippen LogP contribution >= 0.6 is 0 Å². The van der Waals surface area contributed by atoms with Crippen LogP contribution in [0.4, 0.5) is 5.69 Å². The molecular formula is C13H21NO2S. The van der Waals surface area contributed by atoms with Crippen LogP contribution in [0.2, 0.25) is 0 Å². The maximum Gasteiger partial charge on any atom is 0.0618 e. The Bertz CT molecular complexity index is 410. The Hall–Kier alpha value is -0.870. The first-order valence-electron chi connectivity index (χ1n) is 5.68. The predicted octanol–water partition coefficient (Wildman–Crippen LogP) is 2.50. The minimum atomic E-state index is -1.09. The highest BCUT2D eigenvalue weighted by Crippen LogP contribution is 2.18. The van der Waals surface area contributed by atoms with E-state index in [-0.39, 0.29) is 5.60 Å². The number of anilines is 1. The molecule has 1 aromatic rings. The molecule has 96 valence electrons. The zero-order chi connectivity index (χ0) is 13.1. The molecule has 0 bridgehead atoms. The molecule has 0 spiro atoms. The summed E-state index contributed by atoms with van der Waals surface area (Å²) in [6.45, 7) is 8.39. The molecule has 1 atom stereocenters. The maximum absolute atomic E-state index is 12.0. The standard InChI is InChI=1S/C13H21NO2S/c1-10-5-6-12(11(14)9-10)17(15)8-7-16-13(2,3)4/h5-6,9H,7-8,14H2,1-4H3. The summed E-state index contributed by atoms with van der Waals surface area (Å²) in [5.74, 6) is 0.477. The molecule has 1 aromatic carbocycles. The molecular weight excluding hydrogens is 234 g/mol. The van der Waals surface area contributed by atoms with Crippen molar-refractivity contribution in [1.29, 1.82) is 0 Å². The van der Waals surface area contributed by atoms with E-state index in [4.69, 9.17) is 10.5 Å². The predicted molar refractivity (Wildman–Crippen MR) is 72.6 cm³/mol. The lowest BCUT2D eigenvalue weighted by Gasteiger charge is -2.19. The first kappa shape index (κ1) is 14.2. The molecule has 0 saturated carbocycles. The second-order valence-corrected chi connectivity index (χ2v) is 6.59. The monoisotopic (exact) mass is 255 g/mol. The molecule has 17 heavy (non-hydrogen) atoms. The van der Waals surface area contributed by atoms with Gasteiger partial charge < -0.3 is 10.5 Å². The van der Waals surface area contributed by atoms with E-state index >= 15 is 0 Å². The third-order valence-corrected chi connectivity index (χ3v) is 3.61. The first-order valence-corrected chi connectivity index (χ1v) is 7.00. The lowest BCUT2D eigenvalue weighted by Crippen LogP contribution is -2.22. The number of hydrogen-bond acceptors (Lipinski definition) is 3. The van der Waals surface area contributed by atoms with Gasteiger partial charge in [0.05, 0.1) is 33.7 Å². The second kappa shape index (κ2) is 5.65. The second-order valence-electron chi connectivity index (χ2n) is 5.05. The Balaban J connectivity index is 2.59. The number of ether oxygens (including phenoxy) is 1. The highest BCUT2D eigenvalue weighted by Gasteiger charge is 2.12. The fourth-order valence-corrected chi connectivity index (χ4v) is 2.40. The van der Waals surface area contributed by atoms with Crippen molar-refractivity contribution in [3.05, 3.63) is 23.8 Å². The summed E-state index contributed by atoms with van der Waals surface area (Å²) in [4.78, 5) is 0.702. The van der Waals surface area contributed by atoms with Gasteiger partial charge in [-0.15, -0.1) is 0 Å². The van der Waals surface area contributed by atoms with E-state index in [1.165, 1.54) is 0 Å². The molecule has 0 fully saturated rings. The average molecular weight is 255 g/mol. The average Bonchev–Trinajstić information content (AvgIpc) is 2.15. The van der Waals surface area contributed by atoms with Gasteiger partial charge in [-0.1, -0.05) is 6.07 Å². The normalized spacial score (nSPS) is 13.6. The van der Waals surface area contributed by atoms with Gasteiger partial charge in [0.25, 0.3) is 0 Å². The van der Waals surface area contributed by atoms with Crippen molar-refractivity contribution >= 4 is 16.5 Å². The molecule has 0 aliphatic rings. The molecule has 0 aliphatic heterocycles. The maximum atomic E-state index is 12.0. The highest BCUT2D eigenvalue weighted by molar-refractivity contribution is 7.85. The molecule has 4 heteroatoms. The van der Waals surface area contributed by atoms with Crippen LogP contribution in [0.25, 0.3) is 0 Å². The van der Waals surface area contributed by atoms with E-state index in [0.717, 1.165) is 5.56 Å². The number of hydrogen-bond donors (Lipinski definition) is 1. The molecule has 1 rings (SSSR count). The van der Waals surface area contributed by atoms with Crippen LogP contribution in [0.15, 0.2) is 23.1 Å². The van der Waals surface area contributed by atoms with Gasteiger partial charge in [-0.3, -0.25) is 4.21 Å². The van der Waals surface area contributed by atoms with Gasteiger partial charge in [0.2, 0.25) is 0 Å². The van der Waals surface area contributed by atoms with Gasteiger partial charge in [0, 0.05) is 5.69 Å². The third kappa shape index (κ3) is 4.88. The van der Waals surface area contributed by atoms with E-state index in [1.54, 1.807) is 0 Å². The molecule has 0 aliphatic carbocycles. The SMILES string of the molecule is Cc1ccc(S(=O)CCOC(C)(C)C)c(N)c1. The van der Waals surface area contributed by atoms with Crippen LogP contribution in [-0.2, 0) is 15.5 Å². The largest absolute Gasteiger partial charge is 0.398 e. The van der Waals surface area contributed by atoms with Crippen LogP contribution in [0.3, 0.4) is 0 Å². The van der Waals surface area contributed by atoms with Crippen molar-refractivity contribution in [3.8, 4) is 0 Å². The van der Waals surface area contributed by atoms with Gasteiger partial charge in [-0.25, -0.2) is 0 Å². The Kier molecular flexibility index (Phi) is 4.71. The third-order valence-electron chi connectivity index (χ3n) is 2.21. The van der Waals surface area contributed by atoms with Crippen LogP contribution in [-0.4, -0.2) is 22.2 Å². The lowest BCUT2D eigenvalue weighted by atomic mass is 10.2. The van der Waals surface area contributed by atoms with Gasteiger partial charge in [0.1, 0.15) is 0 Å². The van der Waals surface area contributed by atoms with Gasteiger partial charge >= 0.3 is 0 Å². The minimum absolute atomic E-state index is 0.191. The Morgan fingerprint density at radius 3 is 2.53 bits per heavy atom. The number of rotatable bonds is 4. The Labute approximate surface area is 106 Å². The number of benzene rings is 1. The van der Waals surface area contributed by atoms with E-state index < -0.39 is 10.8 Å². The zero-order valence-corrected chi connectivity index (χ0v) is 11.8. The Morgan fingerprint density at radius 2 is 2.00 bits per heavy atom. The summed E-state index contributed by atoms with van der Waals surface area (Å²) in [5.41, 5.74) is 7.33. The van der Waals surface area contributed by atoms with E-state index in [1.807, 2.05) is 45.9 Å². The summed E-state index contributed by atoms with van der Waals surface area (Å²) in [6, 6.07) is 5.60. The number of nitrogens with two attached hydrogens (primary N) is 1. The fraction of sp³-hybridized carbons (Fsp3) is 0.538. The summed E-state index contributed by atoms with van der Waals surface area (Å²) in [7, 11) is -1.09. The van der Waals surface area contributed by atoms with Crippen LogP contribution < -0.4 is 5.73 Å².